The van der Waals surface area contributed by atoms with Gasteiger partial charge in [0.05, 0.1) is 11.4 Å². The largest absolute Gasteiger partial charge is 0.356 e. The van der Waals surface area contributed by atoms with E-state index >= 15 is 0 Å². The molecule has 0 unspecified atom stereocenters. The topological polar surface area (TPSA) is 88.9 Å². The van der Waals surface area contributed by atoms with E-state index in [1.807, 2.05) is 24.4 Å². The molecule has 162 valence electrons. The first-order valence-electron chi connectivity index (χ1n) is 9.81. The lowest BCUT2D eigenvalue weighted by Gasteiger charge is -2.04. The number of thiazole rings is 1. The van der Waals surface area contributed by atoms with Crippen molar-refractivity contribution in [1.29, 1.82) is 0 Å². The maximum atomic E-state index is 12.2. The van der Waals surface area contributed by atoms with Crippen molar-refractivity contribution in [1.82, 2.24) is 20.1 Å². The lowest BCUT2D eigenvalue weighted by Crippen LogP contribution is -2.21. The van der Waals surface area contributed by atoms with E-state index in [-0.39, 0.29) is 11.8 Å². The molecule has 0 aliphatic rings. The molecule has 31 heavy (non-hydrogen) atoms. The molecule has 0 aliphatic carbocycles. The van der Waals surface area contributed by atoms with Gasteiger partial charge in [0.25, 0.3) is 0 Å². The number of anilines is 1. The van der Waals surface area contributed by atoms with Crippen LogP contribution in [0.25, 0.3) is 17.3 Å². The molecule has 0 radical (unpaired) electrons. The number of hydrogen-bond acceptors (Lipinski definition) is 5. The number of carbonyl (C=O) groups excluding carboxylic acids is 2. The van der Waals surface area contributed by atoms with E-state index in [1.54, 1.807) is 17.8 Å². The number of nitrogens with one attached hydrogen (secondary N) is 2. The molecule has 2 N–H and O–H groups in total. The Morgan fingerprint density at radius 3 is 2.65 bits per heavy atom. The van der Waals surface area contributed by atoms with Crippen molar-refractivity contribution in [2.75, 3.05) is 11.9 Å². The van der Waals surface area contributed by atoms with Crippen LogP contribution in [0.4, 0.5) is 5.13 Å². The van der Waals surface area contributed by atoms with Crippen molar-refractivity contribution in [2.45, 2.75) is 26.7 Å². The monoisotopic (exact) mass is 457 g/mol. The molecule has 1 aromatic carbocycles. The maximum absolute atomic E-state index is 12.2. The van der Waals surface area contributed by atoms with Crippen molar-refractivity contribution in [3.05, 3.63) is 57.7 Å². The van der Waals surface area contributed by atoms with Gasteiger partial charge in [0.15, 0.2) is 5.13 Å². The summed E-state index contributed by atoms with van der Waals surface area (Å²) < 4.78 is 1.57. The SMILES string of the molecule is CC(=O)NCCCc1ccc(-c2csc(NC(=O)/C=C/c3c(C)nn(C)c3Cl)n2)cc1. The highest BCUT2D eigenvalue weighted by Crippen LogP contribution is 2.25. The van der Waals surface area contributed by atoms with E-state index in [1.165, 1.54) is 29.9 Å². The summed E-state index contributed by atoms with van der Waals surface area (Å²) in [4.78, 5) is 27.6. The number of benzene rings is 1. The third-order valence-corrected chi connectivity index (χ3v) is 5.80. The highest BCUT2D eigenvalue weighted by atomic mass is 35.5. The third kappa shape index (κ3) is 6.26. The fraction of sp³-hybridized carbons (Fsp3) is 0.273. The highest BCUT2D eigenvalue weighted by molar-refractivity contribution is 7.14. The number of amides is 2. The van der Waals surface area contributed by atoms with Gasteiger partial charge in [-0.3, -0.25) is 19.6 Å². The summed E-state index contributed by atoms with van der Waals surface area (Å²) in [6.07, 6.45) is 4.86. The minimum atomic E-state index is -0.283. The van der Waals surface area contributed by atoms with Crippen molar-refractivity contribution in [2.24, 2.45) is 7.05 Å². The zero-order valence-corrected chi connectivity index (χ0v) is 19.2. The molecule has 2 amide bonds. The van der Waals surface area contributed by atoms with Crippen molar-refractivity contribution >= 4 is 46.0 Å². The summed E-state index contributed by atoms with van der Waals surface area (Å²) in [6, 6.07) is 8.15. The van der Waals surface area contributed by atoms with Crippen LogP contribution in [-0.4, -0.2) is 33.1 Å². The molecule has 2 aromatic heterocycles. The van der Waals surface area contributed by atoms with Gasteiger partial charge in [0, 0.05) is 43.1 Å². The Balaban J connectivity index is 1.56. The van der Waals surface area contributed by atoms with E-state index < -0.39 is 0 Å². The summed E-state index contributed by atoms with van der Waals surface area (Å²) in [5, 5.41) is 12.7. The molecule has 0 saturated carbocycles. The Morgan fingerprint density at radius 2 is 2.00 bits per heavy atom. The number of halogens is 1. The van der Waals surface area contributed by atoms with Gasteiger partial charge in [0.1, 0.15) is 5.15 Å². The Labute approximate surface area is 190 Å². The maximum Gasteiger partial charge on any atom is 0.250 e. The van der Waals surface area contributed by atoms with Crippen LogP contribution in [0.2, 0.25) is 5.15 Å². The van der Waals surface area contributed by atoms with Gasteiger partial charge in [-0.1, -0.05) is 35.9 Å². The normalized spacial score (nSPS) is 11.1. The predicted octanol–water partition coefficient (Wildman–Crippen LogP) is 4.23. The first-order valence-corrected chi connectivity index (χ1v) is 11.1. The molecule has 2 heterocycles. The Hall–Kier alpha value is -2.97. The number of hydrogen-bond donors (Lipinski definition) is 2. The smallest absolute Gasteiger partial charge is 0.250 e. The average molecular weight is 458 g/mol. The number of carbonyl (C=O) groups is 2. The van der Waals surface area contributed by atoms with Gasteiger partial charge in [-0.05, 0) is 31.4 Å². The first-order chi connectivity index (χ1) is 14.8. The Kier molecular flexibility index (Phi) is 7.59. The second-order valence-electron chi connectivity index (χ2n) is 7.06. The van der Waals surface area contributed by atoms with E-state index in [2.05, 4.69) is 32.8 Å². The van der Waals surface area contributed by atoms with Crippen molar-refractivity contribution in [3.8, 4) is 11.3 Å². The van der Waals surface area contributed by atoms with Gasteiger partial charge >= 0.3 is 0 Å². The van der Waals surface area contributed by atoms with Crippen LogP contribution in [0.15, 0.2) is 35.7 Å². The predicted molar refractivity (Wildman–Crippen MR) is 125 cm³/mol. The summed E-state index contributed by atoms with van der Waals surface area (Å²) in [5.41, 5.74) is 4.46. The molecule has 7 nitrogen and oxygen atoms in total. The molecule has 0 fully saturated rings. The van der Waals surface area contributed by atoms with E-state index in [9.17, 15) is 9.59 Å². The molecule has 3 rings (SSSR count). The van der Waals surface area contributed by atoms with Crippen molar-refractivity contribution < 1.29 is 9.59 Å². The van der Waals surface area contributed by atoms with Crippen LogP contribution in [-0.2, 0) is 23.1 Å². The molecular formula is C22H24ClN5O2S. The summed E-state index contributed by atoms with van der Waals surface area (Å²) in [6.45, 7) is 4.03. The van der Waals surface area contributed by atoms with Crippen molar-refractivity contribution in [3.63, 3.8) is 0 Å². The van der Waals surface area contributed by atoms with E-state index in [0.717, 1.165) is 35.4 Å². The Bertz CT molecular complexity index is 1100. The van der Waals surface area contributed by atoms with Gasteiger partial charge in [0.2, 0.25) is 11.8 Å². The second-order valence-corrected chi connectivity index (χ2v) is 8.27. The third-order valence-electron chi connectivity index (χ3n) is 4.60. The molecule has 0 bridgehead atoms. The lowest BCUT2D eigenvalue weighted by molar-refractivity contribution is -0.119. The summed E-state index contributed by atoms with van der Waals surface area (Å²) in [5.74, 6) is -0.289. The number of aromatic nitrogens is 3. The highest BCUT2D eigenvalue weighted by Gasteiger charge is 2.10. The molecule has 9 heteroatoms. The van der Waals surface area contributed by atoms with Crippen LogP contribution < -0.4 is 10.6 Å². The van der Waals surface area contributed by atoms with E-state index in [0.29, 0.717) is 16.8 Å². The minimum absolute atomic E-state index is 0.00625. The molecule has 0 saturated heterocycles. The van der Waals surface area contributed by atoms with Crippen LogP contribution >= 0.6 is 22.9 Å². The van der Waals surface area contributed by atoms with Gasteiger partial charge < -0.3 is 5.32 Å². The van der Waals surface area contributed by atoms with Gasteiger partial charge in [-0.15, -0.1) is 11.3 Å². The standard InChI is InChI=1S/C22H24ClN5O2S/c1-14-18(21(23)28(3)27-14)10-11-20(30)26-22-25-19(13-31-22)17-8-6-16(7-9-17)5-4-12-24-15(2)29/h6-11,13H,4-5,12H2,1-3H3,(H,24,29)(H,25,26,30)/b11-10+. The lowest BCUT2D eigenvalue weighted by atomic mass is 10.1. The van der Waals surface area contributed by atoms with Crippen LogP contribution in [0.1, 0.15) is 30.2 Å². The van der Waals surface area contributed by atoms with Crippen LogP contribution in [0.3, 0.4) is 0 Å². The van der Waals surface area contributed by atoms with E-state index in [4.69, 9.17) is 11.6 Å². The number of aryl methyl sites for hydroxylation is 3. The number of rotatable bonds is 8. The van der Waals surface area contributed by atoms with Crippen LogP contribution in [0, 0.1) is 6.92 Å². The quantitative estimate of drug-likeness (QED) is 0.391. The molecule has 0 spiro atoms. The number of nitrogens with zero attached hydrogens (tertiary/aromatic N) is 3. The second kappa shape index (κ2) is 10.4. The molecule has 0 atom stereocenters. The summed E-state index contributed by atoms with van der Waals surface area (Å²) in [7, 11) is 1.75. The van der Waals surface area contributed by atoms with Crippen LogP contribution in [0.5, 0.6) is 0 Å². The fourth-order valence-electron chi connectivity index (χ4n) is 3.00. The zero-order valence-electron chi connectivity index (χ0n) is 17.6. The average Bonchev–Trinajstić information content (AvgIpc) is 3.28. The summed E-state index contributed by atoms with van der Waals surface area (Å²) >= 11 is 7.55. The Morgan fingerprint density at radius 1 is 1.26 bits per heavy atom. The zero-order chi connectivity index (χ0) is 22.4. The molecular weight excluding hydrogens is 434 g/mol. The fourth-order valence-corrected chi connectivity index (χ4v) is 3.96. The molecule has 3 aromatic rings. The first kappa shape index (κ1) is 22.7. The molecule has 0 aliphatic heterocycles. The van der Waals surface area contributed by atoms with Gasteiger partial charge in [-0.2, -0.15) is 5.10 Å². The van der Waals surface area contributed by atoms with Gasteiger partial charge in [-0.25, -0.2) is 4.98 Å². The minimum Gasteiger partial charge on any atom is -0.356 e.